The number of hydrogen-bond donors (Lipinski definition) is 1. The number of benzene rings is 1. The summed E-state index contributed by atoms with van der Waals surface area (Å²) in [6.45, 7) is 2.31. The van der Waals surface area contributed by atoms with Crippen LogP contribution in [0, 0.1) is 0 Å². The monoisotopic (exact) mass is 343 g/mol. The van der Waals surface area contributed by atoms with Crippen LogP contribution in [0.5, 0.6) is 5.75 Å². The van der Waals surface area contributed by atoms with Gasteiger partial charge >= 0.3 is 5.97 Å². The molecule has 1 rings (SSSR count). The second-order valence-electron chi connectivity index (χ2n) is 4.24. The molecule has 1 amide bonds. The third-order valence-corrected chi connectivity index (χ3v) is 3.24. The van der Waals surface area contributed by atoms with Crippen molar-refractivity contribution in [3.63, 3.8) is 0 Å². The van der Waals surface area contributed by atoms with E-state index in [1.165, 1.54) is 4.90 Å². The molecule has 1 aromatic carbocycles. The molecule has 0 saturated heterocycles. The van der Waals surface area contributed by atoms with Crippen LogP contribution in [0.25, 0.3) is 0 Å². The predicted octanol–water partition coefficient (Wildman–Crippen LogP) is 2.54. The first kappa shape index (κ1) is 16.5. The lowest BCUT2D eigenvalue weighted by molar-refractivity contribution is -0.144. The number of hydrogen-bond acceptors (Lipinski definition) is 3. The summed E-state index contributed by atoms with van der Waals surface area (Å²) in [4.78, 5) is 24.0. The smallest absolute Gasteiger partial charge is 0.323 e. The van der Waals surface area contributed by atoms with Crippen molar-refractivity contribution in [2.75, 3.05) is 19.7 Å². The topological polar surface area (TPSA) is 66.8 Å². The molecule has 5 nitrogen and oxygen atoms in total. The van der Waals surface area contributed by atoms with E-state index in [1.807, 2.05) is 25.1 Å². The van der Waals surface area contributed by atoms with Crippen LogP contribution in [-0.2, 0) is 9.59 Å². The lowest BCUT2D eigenvalue weighted by atomic mass is 10.3. The van der Waals surface area contributed by atoms with E-state index in [9.17, 15) is 9.59 Å². The molecule has 0 saturated carbocycles. The molecule has 0 aliphatic carbocycles. The summed E-state index contributed by atoms with van der Waals surface area (Å²) in [6.07, 6.45) is 0.888. The Morgan fingerprint density at radius 1 is 1.35 bits per heavy atom. The Hall–Kier alpha value is -1.56. The van der Waals surface area contributed by atoms with Gasteiger partial charge in [0.05, 0.1) is 17.5 Å². The summed E-state index contributed by atoms with van der Waals surface area (Å²) in [7, 11) is 0. The fourth-order valence-corrected chi connectivity index (χ4v) is 2.09. The van der Waals surface area contributed by atoms with Gasteiger partial charge in [0.2, 0.25) is 5.91 Å². The molecule has 0 radical (unpaired) electrons. The van der Waals surface area contributed by atoms with E-state index in [0.717, 1.165) is 10.9 Å². The number of carboxylic acid groups (broad SMARTS) is 1. The molecule has 1 N–H and O–H groups in total. The molecular weight excluding hydrogens is 326 g/mol. The number of ether oxygens (including phenoxy) is 1. The van der Waals surface area contributed by atoms with Crippen molar-refractivity contribution in [1.29, 1.82) is 0 Å². The van der Waals surface area contributed by atoms with Gasteiger partial charge in [0.25, 0.3) is 0 Å². The lowest BCUT2D eigenvalue weighted by Gasteiger charge is -2.20. The van der Waals surface area contributed by atoms with Crippen LogP contribution < -0.4 is 4.74 Å². The second kappa shape index (κ2) is 8.58. The quantitative estimate of drug-likeness (QED) is 0.787. The number of halogens is 1. The van der Waals surface area contributed by atoms with Gasteiger partial charge in [0.15, 0.2) is 0 Å². The van der Waals surface area contributed by atoms with Crippen molar-refractivity contribution in [1.82, 2.24) is 4.90 Å². The SMILES string of the molecule is CCCN(CC(=O)O)C(=O)CCOc1ccccc1Br. The number of rotatable bonds is 8. The third-order valence-electron chi connectivity index (χ3n) is 2.58. The molecule has 0 aliphatic rings. The highest BCUT2D eigenvalue weighted by atomic mass is 79.9. The van der Waals surface area contributed by atoms with Crippen LogP contribution in [0.1, 0.15) is 19.8 Å². The summed E-state index contributed by atoms with van der Waals surface area (Å²) in [5.41, 5.74) is 0. The molecule has 110 valence electrons. The lowest BCUT2D eigenvalue weighted by Crippen LogP contribution is -2.36. The zero-order valence-electron chi connectivity index (χ0n) is 11.3. The van der Waals surface area contributed by atoms with E-state index in [4.69, 9.17) is 9.84 Å². The van der Waals surface area contributed by atoms with Crippen molar-refractivity contribution in [2.45, 2.75) is 19.8 Å². The molecule has 20 heavy (non-hydrogen) atoms. The maximum atomic E-state index is 11.9. The molecule has 0 bridgehead atoms. The number of carbonyl (C=O) groups excluding carboxylic acids is 1. The highest BCUT2D eigenvalue weighted by Gasteiger charge is 2.15. The first-order valence-electron chi connectivity index (χ1n) is 6.41. The van der Waals surface area contributed by atoms with Crippen LogP contribution >= 0.6 is 15.9 Å². The maximum Gasteiger partial charge on any atom is 0.323 e. The molecular formula is C14H18BrNO4. The van der Waals surface area contributed by atoms with Gasteiger partial charge in [-0.25, -0.2) is 0 Å². The zero-order chi connectivity index (χ0) is 15.0. The first-order chi connectivity index (χ1) is 9.54. The van der Waals surface area contributed by atoms with E-state index in [2.05, 4.69) is 15.9 Å². The molecule has 0 spiro atoms. The normalized spacial score (nSPS) is 10.1. The highest BCUT2D eigenvalue weighted by Crippen LogP contribution is 2.23. The van der Waals surface area contributed by atoms with Gasteiger partial charge < -0.3 is 14.7 Å². The summed E-state index contributed by atoms with van der Waals surface area (Å²) >= 11 is 3.35. The van der Waals surface area contributed by atoms with Gasteiger partial charge in [-0.2, -0.15) is 0 Å². The number of amides is 1. The van der Waals surface area contributed by atoms with E-state index in [-0.39, 0.29) is 25.5 Å². The van der Waals surface area contributed by atoms with Crippen LogP contribution in [0.3, 0.4) is 0 Å². The van der Waals surface area contributed by atoms with E-state index >= 15 is 0 Å². The Morgan fingerprint density at radius 3 is 2.65 bits per heavy atom. The molecule has 0 heterocycles. The molecule has 1 aromatic rings. The van der Waals surface area contributed by atoms with E-state index < -0.39 is 5.97 Å². The van der Waals surface area contributed by atoms with Crippen LogP contribution in [0.2, 0.25) is 0 Å². The van der Waals surface area contributed by atoms with Gasteiger partial charge in [-0.3, -0.25) is 9.59 Å². The number of para-hydroxylation sites is 1. The fraction of sp³-hybridized carbons (Fsp3) is 0.429. The maximum absolute atomic E-state index is 11.9. The number of carbonyl (C=O) groups is 2. The number of nitrogens with zero attached hydrogens (tertiary/aromatic N) is 1. The minimum absolute atomic E-state index is 0.161. The zero-order valence-corrected chi connectivity index (χ0v) is 12.9. The largest absolute Gasteiger partial charge is 0.492 e. The first-order valence-corrected chi connectivity index (χ1v) is 7.20. The van der Waals surface area contributed by atoms with Crippen molar-refractivity contribution in [3.05, 3.63) is 28.7 Å². The molecule has 0 fully saturated rings. The van der Waals surface area contributed by atoms with Crippen LogP contribution in [0.4, 0.5) is 0 Å². The minimum Gasteiger partial charge on any atom is -0.492 e. The Labute approximate surface area is 126 Å². The average Bonchev–Trinajstić information content (AvgIpc) is 2.40. The van der Waals surface area contributed by atoms with Crippen LogP contribution in [0.15, 0.2) is 28.7 Å². The van der Waals surface area contributed by atoms with Crippen molar-refractivity contribution in [2.24, 2.45) is 0 Å². The molecule has 0 aliphatic heterocycles. The Kier molecular flexibility index (Phi) is 7.08. The summed E-state index contributed by atoms with van der Waals surface area (Å²) in [5, 5.41) is 8.77. The second-order valence-corrected chi connectivity index (χ2v) is 5.09. The number of aliphatic carboxylic acids is 1. The Morgan fingerprint density at radius 2 is 2.05 bits per heavy atom. The van der Waals surface area contributed by atoms with Gasteiger partial charge in [0, 0.05) is 6.54 Å². The van der Waals surface area contributed by atoms with E-state index in [1.54, 1.807) is 6.07 Å². The third kappa shape index (κ3) is 5.61. The molecule has 0 unspecified atom stereocenters. The number of carboxylic acids is 1. The van der Waals surface area contributed by atoms with Crippen LogP contribution in [-0.4, -0.2) is 41.6 Å². The summed E-state index contributed by atoms with van der Waals surface area (Å²) in [5.74, 6) is -0.541. The molecule has 0 atom stereocenters. The predicted molar refractivity (Wildman–Crippen MR) is 78.8 cm³/mol. The van der Waals surface area contributed by atoms with Crippen molar-refractivity contribution >= 4 is 27.8 Å². The standard InChI is InChI=1S/C14H18BrNO4/c1-2-8-16(10-14(18)19)13(17)7-9-20-12-6-4-3-5-11(12)15/h3-6H,2,7-10H2,1H3,(H,18,19). The van der Waals surface area contributed by atoms with Crippen molar-refractivity contribution in [3.8, 4) is 5.75 Å². The Bertz CT molecular complexity index is 464. The van der Waals surface area contributed by atoms with Gasteiger partial charge in [-0.05, 0) is 34.5 Å². The highest BCUT2D eigenvalue weighted by molar-refractivity contribution is 9.10. The summed E-state index contributed by atoms with van der Waals surface area (Å²) < 4.78 is 6.32. The van der Waals surface area contributed by atoms with E-state index in [0.29, 0.717) is 12.3 Å². The van der Waals surface area contributed by atoms with Gasteiger partial charge in [0.1, 0.15) is 12.3 Å². The summed E-state index contributed by atoms with van der Waals surface area (Å²) in [6, 6.07) is 7.37. The van der Waals surface area contributed by atoms with Gasteiger partial charge in [-0.15, -0.1) is 0 Å². The molecule has 0 aromatic heterocycles. The average molecular weight is 344 g/mol. The fourth-order valence-electron chi connectivity index (χ4n) is 1.69. The van der Waals surface area contributed by atoms with Gasteiger partial charge in [-0.1, -0.05) is 19.1 Å². The van der Waals surface area contributed by atoms with Crippen molar-refractivity contribution < 1.29 is 19.4 Å². The minimum atomic E-state index is -1.00. The Balaban J connectivity index is 2.45. The molecule has 6 heteroatoms.